The highest BCUT2D eigenvalue weighted by molar-refractivity contribution is 6.29. The molecule has 1 aromatic carbocycles. The standard InChI is InChI=1S/C17H16ClN3O3/c1-11-17(23)21(13-4-2-3-5-14(13)24-11)9-7-16(22)20-12-6-8-19-15(18)10-12/h2-6,8,10-11H,7,9H2,1H3,(H,19,20,22). The van der Waals surface area contributed by atoms with E-state index in [-0.39, 0.29) is 24.8 Å². The predicted octanol–water partition coefficient (Wildman–Crippen LogP) is 2.88. The van der Waals surface area contributed by atoms with Crippen LogP contribution in [0.1, 0.15) is 13.3 Å². The topological polar surface area (TPSA) is 71.5 Å². The van der Waals surface area contributed by atoms with E-state index in [1.165, 1.54) is 6.20 Å². The Balaban J connectivity index is 1.67. The van der Waals surface area contributed by atoms with Gasteiger partial charge in [-0.05, 0) is 31.2 Å². The van der Waals surface area contributed by atoms with Crippen molar-refractivity contribution in [3.8, 4) is 5.75 Å². The summed E-state index contributed by atoms with van der Waals surface area (Å²) in [6.45, 7) is 1.97. The molecule has 1 aromatic heterocycles. The Hall–Kier alpha value is -2.60. The van der Waals surface area contributed by atoms with E-state index < -0.39 is 6.10 Å². The van der Waals surface area contributed by atoms with Gasteiger partial charge in [0, 0.05) is 24.8 Å². The van der Waals surface area contributed by atoms with E-state index in [4.69, 9.17) is 16.3 Å². The van der Waals surface area contributed by atoms with Crippen LogP contribution in [0.4, 0.5) is 11.4 Å². The van der Waals surface area contributed by atoms with Crippen molar-refractivity contribution >= 4 is 34.8 Å². The van der Waals surface area contributed by atoms with Gasteiger partial charge in [-0.2, -0.15) is 0 Å². The number of benzene rings is 1. The van der Waals surface area contributed by atoms with Crippen LogP contribution in [0, 0.1) is 0 Å². The van der Waals surface area contributed by atoms with Gasteiger partial charge in [0.15, 0.2) is 6.10 Å². The Morgan fingerprint density at radius 1 is 1.38 bits per heavy atom. The van der Waals surface area contributed by atoms with Crippen molar-refractivity contribution in [2.75, 3.05) is 16.8 Å². The third-order valence-corrected chi connectivity index (χ3v) is 3.85. The van der Waals surface area contributed by atoms with Crippen LogP contribution in [0.2, 0.25) is 5.15 Å². The Labute approximate surface area is 144 Å². The summed E-state index contributed by atoms with van der Waals surface area (Å²) >= 11 is 5.79. The minimum Gasteiger partial charge on any atom is -0.479 e. The van der Waals surface area contributed by atoms with Crippen molar-refractivity contribution in [1.82, 2.24) is 4.98 Å². The maximum atomic E-state index is 12.3. The fraction of sp³-hybridized carbons (Fsp3) is 0.235. The van der Waals surface area contributed by atoms with Crippen LogP contribution in [0.5, 0.6) is 5.75 Å². The average Bonchev–Trinajstić information content (AvgIpc) is 2.55. The maximum absolute atomic E-state index is 12.3. The van der Waals surface area contributed by atoms with Gasteiger partial charge in [0.25, 0.3) is 5.91 Å². The number of pyridine rings is 1. The summed E-state index contributed by atoms with van der Waals surface area (Å²) in [6, 6.07) is 10.5. The number of hydrogen-bond acceptors (Lipinski definition) is 4. The molecular formula is C17H16ClN3O3. The lowest BCUT2D eigenvalue weighted by molar-refractivity contribution is -0.125. The van der Waals surface area contributed by atoms with E-state index in [1.54, 1.807) is 30.0 Å². The number of ether oxygens (including phenoxy) is 1. The zero-order valence-electron chi connectivity index (χ0n) is 13.0. The number of amides is 2. The van der Waals surface area contributed by atoms with E-state index in [2.05, 4.69) is 10.3 Å². The van der Waals surface area contributed by atoms with Crippen LogP contribution in [-0.4, -0.2) is 29.4 Å². The number of halogens is 1. The molecule has 2 aromatic rings. The van der Waals surface area contributed by atoms with E-state index in [9.17, 15) is 9.59 Å². The van der Waals surface area contributed by atoms with Crippen LogP contribution in [0.25, 0.3) is 0 Å². The van der Waals surface area contributed by atoms with Crippen LogP contribution < -0.4 is 15.0 Å². The summed E-state index contributed by atoms with van der Waals surface area (Å²) in [5.74, 6) is 0.279. The predicted molar refractivity (Wildman–Crippen MR) is 91.4 cm³/mol. The molecule has 1 aliphatic heterocycles. The second kappa shape index (κ2) is 6.88. The molecule has 24 heavy (non-hydrogen) atoms. The highest BCUT2D eigenvalue weighted by Gasteiger charge is 2.31. The first-order valence-corrected chi connectivity index (χ1v) is 7.91. The largest absolute Gasteiger partial charge is 0.479 e. The van der Waals surface area contributed by atoms with Crippen molar-refractivity contribution in [3.05, 3.63) is 47.7 Å². The summed E-state index contributed by atoms with van der Waals surface area (Å²) in [5, 5.41) is 3.04. The molecule has 6 nitrogen and oxygen atoms in total. The van der Waals surface area contributed by atoms with E-state index >= 15 is 0 Å². The van der Waals surface area contributed by atoms with Gasteiger partial charge in [0.2, 0.25) is 5.91 Å². The van der Waals surface area contributed by atoms with Gasteiger partial charge < -0.3 is 15.0 Å². The monoisotopic (exact) mass is 345 g/mol. The fourth-order valence-electron chi connectivity index (χ4n) is 2.51. The Kier molecular flexibility index (Phi) is 4.66. The SMILES string of the molecule is CC1Oc2ccccc2N(CCC(=O)Nc2ccnc(Cl)c2)C1=O. The first-order valence-electron chi connectivity index (χ1n) is 7.53. The number of anilines is 2. The van der Waals surface area contributed by atoms with Gasteiger partial charge in [0.05, 0.1) is 5.69 Å². The van der Waals surface area contributed by atoms with Gasteiger partial charge in [-0.1, -0.05) is 23.7 Å². The number of carbonyl (C=O) groups excluding carboxylic acids is 2. The van der Waals surface area contributed by atoms with E-state index in [0.717, 1.165) is 0 Å². The quantitative estimate of drug-likeness (QED) is 0.865. The van der Waals surface area contributed by atoms with Crippen LogP contribution in [-0.2, 0) is 9.59 Å². The van der Waals surface area contributed by atoms with E-state index in [1.807, 2.05) is 18.2 Å². The molecule has 1 N–H and O–H groups in total. The lowest BCUT2D eigenvalue weighted by Crippen LogP contribution is -2.45. The third-order valence-electron chi connectivity index (χ3n) is 3.65. The molecule has 1 unspecified atom stereocenters. The summed E-state index contributed by atoms with van der Waals surface area (Å²) in [6.07, 6.45) is 1.11. The van der Waals surface area contributed by atoms with E-state index in [0.29, 0.717) is 22.3 Å². The molecule has 0 aliphatic carbocycles. The van der Waals surface area contributed by atoms with Crippen LogP contribution in [0.15, 0.2) is 42.6 Å². The maximum Gasteiger partial charge on any atom is 0.267 e. The summed E-state index contributed by atoms with van der Waals surface area (Å²) < 4.78 is 5.58. The molecule has 0 spiro atoms. The first-order chi connectivity index (χ1) is 11.5. The number of fused-ring (bicyclic) bond motifs is 1. The molecule has 124 valence electrons. The second-order valence-corrected chi connectivity index (χ2v) is 5.77. The molecule has 0 radical (unpaired) electrons. The number of hydrogen-bond donors (Lipinski definition) is 1. The number of rotatable bonds is 4. The summed E-state index contributed by atoms with van der Waals surface area (Å²) in [5.41, 5.74) is 1.25. The molecule has 1 atom stereocenters. The molecule has 7 heteroatoms. The van der Waals surface area contributed by atoms with Crippen molar-refractivity contribution in [3.63, 3.8) is 0 Å². The minimum atomic E-state index is -0.568. The number of nitrogens with one attached hydrogen (secondary N) is 1. The number of aromatic nitrogens is 1. The minimum absolute atomic E-state index is 0.159. The average molecular weight is 346 g/mol. The fourth-order valence-corrected chi connectivity index (χ4v) is 2.68. The van der Waals surface area contributed by atoms with Crippen LogP contribution in [0.3, 0.4) is 0 Å². The number of carbonyl (C=O) groups is 2. The van der Waals surface area contributed by atoms with Crippen LogP contribution >= 0.6 is 11.6 Å². The lowest BCUT2D eigenvalue weighted by atomic mass is 10.1. The molecule has 1 aliphatic rings. The number of para-hydroxylation sites is 2. The van der Waals surface area contributed by atoms with Gasteiger partial charge in [0.1, 0.15) is 10.9 Å². The zero-order valence-corrected chi connectivity index (χ0v) is 13.8. The van der Waals surface area contributed by atoms with Crippen molar-refractivity contribution in [2.45, 2.75) is 19.4 Å². The van der Waals surface area contributed by atoms with Crippen molar-refractivity contribution < 1.29 is 14.3 Å². The normalized spacial score (nSPS) is 16.3. The summed E-state index contributed by atoms with van der Waals surface area (Å²) in [7, 11) is 0. The number of nitrogens with zero attached hydrogens (tertiary/aromatic N) is 2. The molecule has 0 bridgehead atoms. The first kappa shape index (κ1) is 16.3. The van der Waals surface area contributed by atoms with Gasteiger partial charge in [-0.3, -0.25) is 9.59 Å². The molecule has 2 heterocycles. The Morgan fingerprint density at radius 2 is 2.17 bits per heavy atom. The van der Waals surface area contributed by atoms with Gasteiger partial charge in [-0.15, -0.1) is 0 Å². The third kappa shape index (κ3) is 3.49. The molecule has 2 amide bonds. The Bertz CT molecular complexity index is 781. The van der Waals surface area contributed by atoms with Crippen molar-refractivity contribution in [2.24, 2.45) is 0 Å². The highest BCUT2D eigenvalue weighted by atomic mass is 35.5. The highest BCUT2D eigenvalue weighted by Crippen LogP contribution is 2.33. The lowest BCUT2D eigenvalue weighted by Gasteiger charge is -2.32. The van der Waals surface area contributed by atoms with Crippen molar-refractivity contribution in [1.29, 1.82) is 0 Å². The Morgan fingerprint density at radius 3 is 2.96 bits per heavy atom. The molecule has 0 saturated carbocycles. The summed E-state index contributed by atoms with van der Waals surface area (Å²) in [4.78, 5) is 29.9. The van der Waals surface area contributed by atoms with Gasteiger partial charge in [-0.25, -0.2) is 4.98 Å². The van der Waals surface area contributed by atoms with Gasteiger partial charge >= 0.3 is 0 Å². The molecule has 0 fully saturated rings. The zero-order chi connectivity index (χ0) is 17.1. The molecular weight excluding hydrogens is 330 g/mol. The molecule has 0 saturated heterocycles. The second-order valence-electron chi connectivity index (χ2n) is 5.38. The molecule has 3 rings (SSSR count). The smallest absolute Gasteiger partial charge is 0.267 e.